The number of carbonyl (C=O) groups excluding carboxylic acids is 1. The average Bonchev–Trinajstić information content (AvgIpc) is 3.20. The van der Waals surface area contributed by atoms with Crippen LogP contribution in [-0.4, -0.2) is 15.9 Å². The molecule has 166 valence electrons. The van der Waals surface area contributed by atoms with Crippen LogP contribution in [0.15, 0.2) is 42.2 Å². The third kappa shape index (κ3) is 4.50. The highest BCUT2D eigenvalue weighted by Gasteiger charge is 2.24. The van der Waals surface area contributed by atoms with Crippen molar-refractivity contribution in [2.24, 2.45) is 0 Å². The number of ether oxygens (including phenoxy) is 1. The standard InChI is InChI=1S/C24H19F2N5O2/c1-4-20(32)30-14-6-5-7-15(10-14)31-23-22(27-3)24(29-12-28-23)33-19-11-18(25)16-8-13(2)9-17(16)21(19)26/h5-7,9-12H,4,8H2,1-2H3,(H,30,32)(H,28,29,31). The second-order valence-corrected chi connectivity index (χ2v) is 7.43. The van der Waals surface area contributed by atoms with Crippen LogP contribution in [0.5, 0.6) is 11.6 Å². The van der Waals surface area contributed by atoms with Crippen molar-refractivity contribution in [2.45, 2.75) is 26.7 Å². The van der Waals surface area contributed by atoms with Gasteiger partial charge in [-0.25, -0.2) is 23.6 Å². The number of carbonyl (C=O) groups is 1. The van der Waals surface area contributed by atoms with E-state index in [4.69, 9.17) is 11.3 Å². The molecule has 4 rings (SSSR count). The number of allylic oxidation sites excluding steroid dienone is 1. The van der Waals surface area contributed by atoms with Crippen molar-refractivity contribution < 1.29 is 18.3 Å². The highest BCUT2D eigenvalue weighted by molar-refractivity contribution is 5.91. The lowest BCUT2D eigenvalue weighted by Crippen LogP contribution is -2.09. The Morgan fingerprint density at radius 1 is 1.24 bits per heavy atom. The maximum absolute atomic E-state index is 15.0. The molecule has 0 aliphatic heterocycles. The zero-order valence-corrected chi connectivity index (χ0v) is 17.9. The van der Waals surface area contributed by atoms with Gasteiger partial charge in [0.1, 0.15) is 18.0 Å². The molecule has 1 aromatic heterocycles. The van der Waals surface area contributed by atoms with Gasteiger partial charge >= 0.3 is 0 Å². The number of nitrogens with one attached hydrogen (secondary N) is 2. The van der Waals surface area contributed by atoms with Gasteiger partial charge < -0.3 is 15.4 Å². The molecular weight excluding hydrogens is 428 g/mol. The van der Waals surface area contributed by atoms with Crippen molar-refractivity contribution in [2.75, 3.05) is 10.6 Å². The second kappa shape index (κ2) is 9.04. The first-order chi connectivity index (χ1) is 15.9. The second-order valence-electron chi connectivity index (χ2n) is 7.43. The molecular formula is C24H19F2N5O2. The Morgan fingerprint density at radius 3 is 2.79 bits per heavy atom. The van der Waals surface area contributed by atoms with E-state index < -0.39 is 11.6 Å². The molecule has 0 fully saturated rings. The number of amides is 1. The van der Waals surface area contributed by atoms with Gasteiger partial charge in [0, 0.05) is 35.0 Å². The summed E-state index contributed by atoms with van der Waals surface area (Å²) in [4.78, 5) is 23.1. The molecule has 0 bridgehead atoms. The predicted molar refractivity (Wildman–Crippen MR) is 121 cm³/mol. The van der Waals surface area contributed by atoms with E-state index in [9.17, 15) is 13.6 Å². The molecule has 3 aromatic rings. The number of halogens is 2. The van der Waals surface area contributed by atoms with Crippen molar-refractivity contribution in [1.29, 1.82) is 0 Å². The number of aromatic nitrogens is 2. The van der Waals surface area contributed by atoms with E-state index in [-0.39, 0.29) is 40.2 Å². The van der Waals surface area contributed by atoms with Gasteiger partial charge in [0.25, 0.3) is 5.69 Å². The Morgan fingerprint density at radius 2 is 2.03 bits per heavy atom. The van der Waals surface area contributed by atoms with Crippen molar-refractivity contribution in [3.05, 3.63) is 76.4 Å². The molecule has 2 N–H and O–H groups in total. The number of nitrogens with zero attached hydrogens (tertiary/aromatic N) is 3. The first kappa shape index (κ1) is 21.9. The summed E-state index contributed by atoms with van der Waals surface area (Å²) in [5, 5.41) is 5.73. The Kier molecular flexibility index (Phi) is 6.00. The summed E-state index contributed by atoms with van der Waals surface area (Å²) in [7, 11) is 0. The molecule has 0 saturated heterocycles. The van der Waals surface area contributed by atoms with Crippen LogP contribution < -0.4 is 15.4 Å². The average molecular weight is 447 g/mol. The molecule has 0 radical (unpaired) electrons. The Balaban J connectivity index is 1.64. The molecule has 0 unspecified atom stereocenters. The van der Waals surface area contributed by atoms with Gasteiger partial charge in [0.15, 0.2) is 11.6 Å². The van der Waals surface area contributed by atoms with E-state index >= 15 is 0 Å². The zero-order valence-electron chi connectivity index (χ0n) is 17.9. The molecule has 7 nitrogen and oxygen atoms in total. The minimum atomic E-state index is -0.716. The number of benzene rings is 2. The number of rotatable bonds is 6. The van der Waals surface area contributed by atoms with Crippen molar-refractivity contribution in [3.8, 4) is 11.6 Å². The normalized spacial score (nSPS) is 11.9. The molecule has 1 heterocycles. The Hall–Kier alpha value is -4.32. The van der Waals surface area contributed by atoms with Crippen molar-refractivity contribution in [3.63, 3.8) is 0 Å². The molecule has 1 aliphatic rings. The number of hydrogen-bond donors (Lipinski definition) is 2. The molecule has 0 spiro atoms. The molecule has 0 atom stereocenters. The number of fused-ring (bicyclic) bond motifs is 1. The molecule has 9 heteroatoms. The molecule has 1 amide bonds. The van der Waals surface area contributed by atoms with Crippen LogP contribution in [0.3, 0.4) is 0 Å². The minimum absolute atomic E-state index is 0.104. The fraction of sp³-hybridized carbons (Fsp3) is 0.167. The van der Waals surface area contributed by atoms with Crippen LogP contribution in [0, 0.1) is 18.2 Å². The van der Waals surface area contributed by atoms with E-state index in [1.165, 1.54) is 0 Å². The van der Waals surface area contributed by atoms with E-state index in [1.807, 2.05) is 0 Å². The van der Waals surface area contributed by atoms with Crippen LogP contribution in [0.1, 0.15) is 31.4 Å². The lowest BCUT2D eigenvalue weighted by molar-refractivity contribution is -0.115. The summed E-state index contributed by atoms with van der Waals surface area (Å²) in [5.74, 6) is -1.90. The van der Waals surface area contributed by atoms with Crippen molar-refractivity contribution in [1.82, 2.24) is 9.97 Å². The number of hydrogen-bond acceptors (Lipinski definition) is 5. The number of anilines is 3. The first-order valence-electron chi connectivity index (χ1n) is 10.1. The summed E-state index contributed by atoms with van der Waals surface area (Å²) in [6.07, 6.45) is 3.40. The maximum Gasteiger partial charge on any atom is 0.288 e. The van der Waals surface area contributed by atoms with Gasteiger partial charge in [-0.1, -0.05) is 24.6 Å². The van der Waals surface area contributed by atoms with Crippen LogP contribution in [0.4, 0.5) is 31.7 Å². The van der Waals surface area contributed by atoms with E-state index in [2.05, 4.69) is 25.4 Å². The SMILES string of the molecule is [C-]#[N+]c1c(Nc2cccc(NC(=O)CC)c2)ncnc1Oc1cc(F)c2c(c1F)C=C(C)C2. The fourth-order valence-electron chi connectivity index (χ4n) is 3.43. The molecule has 2 aromatic carbocycles. The lowest BCUT2D eigenvalue weighted by Gasteiger charge is -2.13. The van der Waals surface area contributed by atoms with Crippen LogP contribution in [-0.2, 0) is 11.2 Å². The smallest absolute Gasteiger partial charge is 0.288 e. The van der Waals surface area contributed by atoms with Crippen LogP contribution in [0.2, 0.25) is 0 Å². The van der Waals surface area contributed by atoms with Gasteiger partial charge in [0.05, 0.1) is 6.57 Å². The van der Waals surface area contributed by atoms with Crippen LogP contribution >= 0.6 is 0 Å². The summed E-state index contributed by atoms with van der Waals surface area (Å²) < 4.78 is 35.0. The topological polar surface area (TPSA) is 80.5 Å². The third-order valence-corrected chi connectivity index (χ3v) is 5.01. The van der Waals surface area contributed by atoms with Crippen LogP contribution in [0.25, 0.3) is 10.9 Å². The lowest BCUT2D eigenvalue weighted by atomic mass is 10.1. The van der Waals surface area contributed by atoms with Gasteiger partial charge in [-0.2, -0.15) is 0 Å². The monoisotopic (exact) mass is 447 g/mol. The maximum atomic E-state index is 15.0. The molecule has 33 heavy (non-hydrogen) atoms. The zero-order chi connectivity index (χ0) is 23.5. The first-order valence-corrected chi connectivity index (χ1v) is 10.1. The highest BCUT2D eigenvalue weighted by atomic mass is 19.1. The largest absolute Gasteiger partial charge is 0.446 e. The van der Waals surface area contributed by atoms with Gasteiger partial charge in [-0.15, -0.1) is 0 Å². The Bertz CT molecular complexity index is 1330. The third-order valence-electron chi connectivity index (χ3n) is 5.01. The summed E-state index contributed by atoms with van der Waals surface area (Å²) in [6, 6.07) is 7.81. The highest BCUT2D eigenvalue weighted by Crippen LogP contribution is 2.40. The van der Waals surface area contributed by atoms with Gasteiger partial charge in [-0.05, 0) is 31.5 Å². The summed E-state index contributed by atoms with van der Waals surface area (Å²) in [6.45, 7) is 11.1. The predicted octanol–water partition coefficient (Wildman–Crippen LogP) is 6.15. The van der Waals surface area contributed by atoms with Gasteiger partial charge in [-0.3, -0.25) is 4.79 Å². The quantitative estimate of drug-likeness (QED) is 0.443. The fourth-order valence-corrected chi connectivity index (χ4v) is 3.43. The summed E-state index contributed by atoms with van der Waals surface area (Å²) >= 11 is 0. The van der Waals surface area contributed by atoms with Gasteiger partial charge in [0.2, 0.25) is 11.8 Å². The molecule has 1 aliphatic carbocycles. The van der Waals surface area contributed by atoms with E-state index in [1.54, 1.807) is 44.2 Å². The van der Waals surface area contributed by atoms with E-state index in [0.717, 1.165) is 18.0 Å². The summed E-state index contributed by atoms with van der Waals surface area (Å²) in [5.41, 5.74) is 2.28. The van der Waals surface area contributed by atoms with Crippen molar-refractivity contribution >= 4 is 34.9 Å². The minimum Gasteiger partial charge on any atom is -0.446 e. The molecule has 0 saturated carbocycles. The van der Waals surface area contributed by atoms with E-state index in [0.29, 0.717) is 24.2 Å². The Labute approximate surface area is 189 Å².